The molecule has 86 valence electrons. The Hall–Kier alpha value is -1.61. The lowest BCUT2D eigenvalue weighted by molar-refractivity contribution is 0.515. The first-order valence-corrected chi connectivity index (χ1v) is 6.05. The van der Waals surface area contributed by atoms with Gasteiger partial charge in [-0.15, -0.1) is 0 Å². The van der Waals surface area contributed by atoms with Gasteiger partial charge in [-0.25, -0.2) is 4.39 Å². The summed E-state index contributed by atoms with van der Waals surface area (Å²) in [6, 6.07) is 5.63. The van der Waals surface area contributed by atoms with E-state index < -0.39 is 0 Å². The second-order valence-electron chi connectivity index (χ2n) is 4.81. The van der Waals surface area contributed by atoms with Gasteiger partial charge < -0.3 is 9.88 Å². The molecule has 1 atom stereocenters. The molecule has 0 spiro atoms. The Morgan fingerprint density at radius 3 is 3.24 bits per heavy atom. The molecule has 0 bridgehead atoms. The van der Waals surface area contributed by atoms with Gasteiger partial charge in [0.1, 0.15) is 5.82 Å². The van der Waals surface area contributed by atoms with E-state index in [-0.39, 0.29) is 5.82 Å². The van der Waals surface area contributed by atoms with Crippen LogP contribution in [0.25, 0.3) is 16.5 Å². The van der Waals surface area contributed by atoms with E-state index in [2.05, 4.69) is 22.2 Å². The van der Waals surface area contributed by atoms with Crippen LogP contribution in [0.1, 0.15) is 12.0 Å². The molecular weight excluding hydrogens is 215 g/mol. The van der Waals surface area contributed by atoms with Crippen LogP contribution in [0.5, 0.6) is 0 Å². The maximum absolute atomic E-state index is 13.6. The van der Waals surface area contributed by atoms with Gasteiger partial charge in [0.15, 0.2) is 0 Å². The Labute approximate surface area is 98.7 Å². The zero-order valence-electron chi connectivity index (χ0n) is 9.41. The van der Waals surface area contributed by atoms with Crippen molar-refractivity contribution in [3.63, 3.8) is 0 Å². The number of rotatable bonds is 0. The number of nitrogens with one attached hydrogen (secondary N) is 1. The molecule has 0 saturated carbocycles. The van der Waals surface area contributed by atoms with Crippen LogP contribution in [0.3, 0.4) is 0 Å². The van der Waals surface area contributed by atoms with Crippen LogP contribution in [0, 0.1) is 5.82 Å². The smallest absolute Gasteiger partial charge is 0.124 e. The van der Waals surface area contributed by atoms with Crippen molar-refractivity contribution >= 4 is 16.5 Å². The Morgan fingerprint density at radius 2 is 2.29 bits per heavy atom. The Morgan fingerprint density at radius 1 is 1.35 bits per heavy atom. The number of hydrogen-bond donors (Lipinski definition) is 1. The molecule has 1 aromatic heterocycles. The molecule has 2 aromatic rings. The number of aromatic nitrogens is 1. The van der Waals surface area contributed by atoms with Crippen LogP contribution in [-0.2, 0) is 6.54 Å². The van der Waals surface area contributed by atoms with Crippen LogP contribution in [0.4, 0.5) is 4.39 Å². The van der Waals surface area contributed by atoms with E-state index in [0.717, 1.165) is 30.5 Å². The normalized spacial score (nSPS) is 22.4. The molecule has 0 aliphatic carbocycles. The number of benzene rings is 1. The van der Waals surface area contributed by atoms with E-state index in [4.69, 9.17) is 0 Å². The van der Waals surface area contributed by atoms with Crippen molar-refractivity contribution in [2.75, 3.05) is 6.54 Å². The van der Waals surface area contributed by atoms with Crippen molar-refractivity contribution in [3.05, 3.63) is 41.9 Å². The molecule has 1 aromatic carbocycles. The fourth-order valence-electron chi connectivity index (χ4n) is 3.08. The minimum Gasteiger partial charge on any atom is -0.345 e. The molecule has 3 heterocycles. The standard InChI is InChI=1S/C14H13FN2/c15-10-6-9-3-5-17-8-13-11(2-1-4-16-13)12(7-10)14(9)17/h2-3,5-7,13,16H,1,4,8H2. The number of hydrogen-bond acceptors (Lipinski definition) is 1. The van der Waals surface area contributed by atoms with Crippen LogP contribution < -0.4 is 5.32 Å². The molecule has 2 aliphatic heterocycles. The average Bonchev–Trinajstić information content (AvgIpc) is 2.73. The van der Waals surface area contributed by atoms with E-state index in [1.165, 1.54) is 11.1 Å². The predicted octanol–water partition coefficient (Wildman–Crippen LogP) is 2.54. The first-order valence-electron chi connectivity index (χ1n) is 6.05. The summed E-state index contributed by atoms with van der Waals surface area (Å²) in [7, 11) is 0. The first kappa shape index (κ1) is 9.42. The quantitative estimate of drug-likeness (QED) is 0.733. The topological polar surface area (TPSA) is 17.0 Å². The molecule has 0 radical (unpaired) electrons. The molecule has 2 nitrogen and oxygen atoms in total. The molecular formula is C14H13FN2. The van der Waals surface area contributed by atoms with E-state index >= 15 is 0 Å². The van der Waals surface area contributed by atoms with Crippen LogP contribution >= 0.6 is 0 Å². The summed E-state index contributed by atoms with van der Waals surface area (Å²) in [4.78, 5) is 0. The molecule has 4 rings (SSSR count). The van der Waals surface area contributed by atoms with Crippen LogP contribution in [0.15, 0.2) is 30.5 Å². The van der Waals surface area contributed by atoms with Crippen molar-refractivity contribution in [3.8, 4) is 0 Å². The summed E-state index contributed by atoms with van der Waals surface area (Å²) in [6.07, 6.45) is 5.34. The third-order valence-electron chi connectivity index (χ3n) is 3.79. The molecule has 17 heavy (non-hydrogen) atoms. The van der Waals surface area contributed by atoms with Crippen LogP contribution in [-0.4, -0.2) is 17.2 Å². The van der Waals surface area contributed by atoms with Gasteiger partial charge in [-0.1, -0.05) is 6.08 Å². The largest absolute Gasteiger partial charge is 0.345 e. The fraction of sp³-hybridized carbons (Fsp3) is 0.286. The summed E-state index contributed by atoms with van der Waals surface area (Å²) in [5.41, 5.74) is 3.51. The van der Waals surface area contributed by atoms with Gasteiger partial charge in [0, 0.05) is 23.7 Å². The zero-order valence-corrected chi connectivity index (χ0v) is 9.41. The van der Waals surface area contributed by atoms with Crippen molar-refractivity contribution in [2.45, 2.75) is 19.0 Å². The molecule has 1 N–H and O–H groups in total. The Balaban J connectivity index is 2.09. The predicted molar refractivity (Wildman–Crippen MR) is 66.3 cm³/mol. The molecule has 0 saturated heterocycles. The summed E-state index contributed by atoms with van der Waals surface area (Å²) in [6.45, 7) is 1.97. The highest BCUT2D eigenvalue weighted by atomic mass is 19.1. The van der Waals surface area contributed by atoms with Crippen molar-refractivity contribution in [1.82, 2.24) is 9.88 Å². The van der Waals surface area contributed by atoms with E-state index in [1.54, 1.807) is 12.1 Å². The van der Waals surface area contributed by atoms with Gasteiger partial charge in [-0.3, -0.25) is 0 Å². The van der Waals surface area contributed by atoms with E-state index in [1.807, 2.05) is 6.07 Å². The lowest BCUT2D eigenvalue weighted by Crippen LogP contribution is -2.39. The van der Waals surface area contributed by atoms with E-state index in [9.17, 15) is 4.39 Å². The maximum atomic E-state index is 13.6. The Bertz CT molecular complexity index is 639. The third-order valence-corrected chi connectivity index (χ3v) is 3.79. The highest BCUT2D eigenvalue weighted by Crippen LogP contribution is 2.35. The second kappa shape index (κ2) is 3.20. The maximum Gasteiger partial charge on any atom is 0.124 e. The molecule has 3 heteroatoms. The van der Waals surface area contributed by atoms with Gasteiger partial charge in [-0.2, -0.15) is 0 Å². The lowest BCUT2D eigenvalue weighted by atomic mass is 9.90. The Kier molecular flexibility index (Phi) is 1.77. The number of halogens is 1. The third kappa shape index (κ3) is 1.23. The summed E-state index contributed by atoms with van der Waals surface area (Å²) < 4.78 is 15.8. The summed E-state index contributed by atoms with van der Waals surface area (Å²) in [5, 5.41) is 4.51. The van der Waals surface area contributed by atoms with Gasteiger partial charge in [0.2, 0.25) is 0 Å². The lowest BCUT2D eigenvalue weighted by Gasteiger charge is -2.31. The van der Waals surface area contributed by atoms with Crippen molar-refractivity contribution in [1.29, 1.82) is 0 Å². The fourth-order valence-corrected chi connectivity index (χ4v) is 3.08. The zero-order chi connectivity index (χ0) is 11.4. The SMILES string of the molecule is Fc1cc2c3c(ccn3CC3NCCC=C23)c1. The number of fused-ring (bicyclic) bond motifs is 2. The highest BCUT2D eigenvalue weighted by Gasteiger charge is 2.27. The summed E-state index contributed by atoms with van der Waals surface area (Å²) >= 11 is 0. The molecule has 2 aliphatic rings. The van der Waals surface area contributed by atoms with Gasteiger partial charge in [0.25, 0.3) is 0 Å². The molecule has 0 amide bonds. The second-order valence-corrected chi connectivity index (χ2v) is 4.81. The minimum atomic E-state index is -0.141. The minimum absolute atomic E-state index is 0.141. The summed E-state index contributed by atoms with van der Waals surface area (Å²) in [5.74, 6) is -0.141. The van der Waals surface area contributed by atoms with Gasteiger partial charge in [0.05, 0.1) is 11.6 Å². The highest BCUT2D eigenvalue weighted by molar-refractivity contribution is 5.94. The number of nitrogens with zero attached hydrogens (tertiary/aromatic N) is 1. The van der Waals surface area contributed by atoms with Crippen molar-refractivity contribution in [2.24, 2.45) is 0 Å². The monoisotopic (exact) mass is 228 g/mol. The van der Waals surface area contributed by atoms with Crippen molar-refractivity contribution < 1.29 is 4.39 Å². The van der Waals surface area contributed by atoms with Gasteiger partial charge >= 0.3 is 0 Å². The molecule has 1 unspecified atom stereocenters. The molecule has 0 fully saturated rings. The van der Waals surface area contributed by atoms with Crippen LogP contribution in [0.2, 0.25) is 0 Å². The average molecular weight is 228 g/mol. The van der Waals surface area contributed by atoms with E-state index in [0.29, 0.717) is 6.04 Å². The first-order chi connectivity index (χ1) is 8.33. The van der Waals surface area contributed by atoms with Gasteiger partial charge in [-0.05, 0) is 36.7 Å².